The summed E-state index contributed by atoms with van der Waals surface area (Å²) in [6, 6.07) is 10.8. The van der Waals surface area contributed by atoms with E-state index in [0.717, 1.165) is 38.0 Å². The fraction of sp³-hybridized carbons (Fsp3) is 0.476. The Morgan fingerprint density at radius 1 is 1.21 bits per heavy atom. The van der Waals surface area contributed by atoms with Crippen LogP contribution in [0, 0.1) is 0 Å². The quantitative estimate of drug-likeness (QED) is 0.774. The van der Waals surface area contributed by atoms with Gasteiger partial charge in [-0.05, 0) is 50.0 Å². The number of piperidine rings is 1. The SMILES string of the molecule is CC(Nc1nccc(N2CCOC2=O)n1)c1ccc(CN2CCC(N)CC2)cc1. The molecular weight excluding hydrogens is 368 g/mol. The topological polar surface area (TPSA) is 96.6 Å². The van der Waals surface area contributed by atoms with Crippen LogP contribution in [0.5, 0.6) is 0 Å². The smallest absolute Gasteiger partial charge is 0.415 e. The minimum absolute atomic E-state index is 0.0396. The zero-order valence-corrected chi connectivity index (χ0v) is 16.8. The van der Waals surface area contributed by atoms with Gasteiger partial charge in [0.05, 0.1) is 12.6 Å². The van der Waals surface area contributed by atoms with Crippen LogP contribution >= 0.6 is 0 Å². The van der Waals surface area contributed by atoms with Crippen molar-refractivity contribution in [2.75, 3.05) is 36.5 Å². The van der Waals surface area contributed by atoms with Crippen molar-refractivity contribution in [1.29, 1.82) is 0 Å². The molecule has 1 atom stereocenters. The molecule has 1 unspecified atom stereocenters. The summed E-state index contributed by atoms with van der Waals surface area (Å²) in [7, 11) is 0. The third kappa shape index (κ3) is 4.83. The maximum atomic E-state index is 11.7. The van der Waals surface area contributed by atoms with E-state index in [9.17, 15) is 4.79 Å². The molecule has 0 spiro atoms. The Bertz CT molecular complexity index is 835. The van der Waals surface area contributed by atoms with Crippen molar-refractivity contribution in [2.24, 2.45) is 5.73 Å². The van der Waals surface area contributed by atoms with Gasteiger partial charge >= 0.3 is 6.09 Å². The Labute approximate surface area is 171 Å². The first-order valence-corrected chi connectivity index (χ1v) is 10.2. The number of hydrogen-bond donors (Lipinski definition) is 2. The van der Waals surface area contributed by atoms with Gasteiger partial charge in [-0.15, -0.1) is 0 Å². The van der Waals surface area contributed by atoms with Gasteiger partial charge in [0, 0.05) is 18.8 Å². The van der Waals surface area contributed by atoms with Crippen LogP contribution in [-0.2, 0) is 11.3 Å². The van der Waals surface area contributed by atoms with Crippen molar-refractivity contribution in [2.45, 2.75) is 38.4 Å². The van der Waals surface area contributed by atoms with Crippen LogP contribution in [-0.4, -0.2) is 53.2 Å². The second kappa shape index (κ2) is 8.75. The third-order valence-corrected chi connectivity index (χ3v) is 5.54. The molecule has 4 rings (SSSR count). The standard InChI is InChI=1S/C21H28N6O2/c1-15(24-20-23-9-6-19(25-20)27-12-13-29-21(27)28)17-4-2-16(3-5-17)14-26-10-7-18(22)8-11-26/h2-6,9,15,18H,7-8,10-14,22H2,1H3,(H,23,24,25). The average Bonchev–Trinajstić information content (AvgIpc) is 3.16. The van der Waals surface area contributed by atoms with E-state index in [1.54, 1.807) is 12.3 Å². The lowest BCUT2D eigenvalue weighted by atomic mass is 10.0. The number of amides is 1. The molecule has 2 fully saturated rings. The number of nitrogens with two attached hydrogens (primary N) is 1. The van der Waals surface area contributed by atoms with Crippen LogP contribution in [0.1, 0.15) is 36.9 Å². The molecule has 0 radical (unpaired) electrons. The zero-order valence-electron chi connectivity index (χ0n) is 16.8. The van der Waals surface area contributed by atoms with Gasteiger partial charge in [-0.3, -0.25) is 9.80 Å². The van der Waals surface area contributed by atoms with Crippen LogP contribution in [0.4, 0.5) is 16.6 Å². The first kappa shape index (κ1) is 19.6. The number of anilines is 2. The number of benzene rings is 1. The van der Waals surface area contributed by atoms with Gasteiger partial charge in [0.15, 0.2) is 0 Å². The number of nitrogens with zero attached hydrogens (tertiary/aromatic N) is 4. The normalized spacial score (nSPS) is 19.2. The summed E-state index contributed by atoms with van der Waals surface area (Å²) < 4.78 is 4.98. The molecule has 0 bridgehead atoms. The van der Waals surface area contributed by atoms with Gasteiger partial charge in [-0.1, -0.05) is 24.3 Å². The number of ether oxygens (including phenoxy) is 1. The number of rotatable bonds is 6. The first-order valence-electron chi connectivity index (χ1n) is 10.2. The summed E-state index contributed by atoms with van der Waals surface area (Å²) in [6.07, 6.45) is 3.44. The first-order chi connectivity index (χ1) is 14.1. The number of carbonyl (C=O) groups is 1. The minimum atomic E-state index is -0.367. The Balaban J connectivity index is 1.36. The summed E-state index contributed by atoms with van der Waals surface area (Å²) >= 11 is 0. The van der Waals surface area contributed by atoms with Crippen LogP contribution in [0.3, 0.4) is 0 Å². The molecule has 8 heteroatoms. The van der Waals surface area contributed by atoms with Gasteiger partial charge in [0.1, 0.15) is 12.4 Å². The summed E-state index contributed by atoms with van der Waals surface area (Å²) in [6.45, 7) is 6.07. The van der Waals surface area contributed by atoms with E-state index >= 15 is 0 Å². The minimum Gasteiger partial charge on any atom is -0.447 e. The summed E-state index contributed by atoms with van der Waals surface area (Å²) in [5.74, 6) is 1.04. The van der Waals surface area contributed by atoms with E-state index in [1.165, 1.54) is 10.5 Å². The highest BCUT2D eigenvalue weighted by Gasteiger charge is 2.25. The van der Waals surface area contributed by atoms with Crippen LogP contribution in [0.15, 0.2) is 36.5 Å². The molecule has 3 N–H and O–H groups in total. The maximum absolute atomic E-state index is 11.7. The Hall–Kier alpha value is -2.71. The highest BCUT2D eigenvalue weighted by molar-refractivity contribution is 5.88. The third-order valence-electron chi connectivity index (χ3n) is 5.54. The number of carbonyl (C=O) groups excluding carboxylic acids is 1. The molecular formula is C21H28N6O2. The van der Waals surface area contributed by atoms with E-state index in [4.69, 9.17) is 10.5 Å². The lowest BCUT2D eigenvalue weighted by Crippen LogP contribution is -2.39. The van der Waals surface area contributed by atoms with Gasteiger partial charge in [-0.2, -0.15) is 4.98 Å². The average molecular weight is 396 g/mol. The fourth-order valence-electron chi connectivity index (χ4n) is 3.73. The number of nitrogens with one attached hydrogen (secondary N) is 1. The van der Waals surface area contributed by atoms with Crippen molar-refractivity contribution >= 4 is 17.9 Å². The number of cyclic esters (lactones) is 1. The van der Waals surface area contributed by atoms with Crippen LogP contribution in [0.2, 0.25) is 0 Å². The van der Waals surface area contributed by atoms with Gasteiger partial charge in [-0.25, -0.2) is 9.78 Å². The molecule has 0 aliphatic carbocycles. The second-order valence-corrected chi connectivity index (χ2v) is 7.73. The van der Waals surface area contributed by atoms with Gasteiger partial charge in [0.2, 0.25) is 5.95 Å². The summed E-state index contributed by atoms with van der Waals surface area (Å²) in [5, 5.41) is 3.32. The molecule has 154 valence electrons. The van der Waals surface area contributed by atoms with Crippen molar-refractivity contribution in [3.8, 4) is 0 Å². The fourth-order valence-corrected chi connectivity index (χ4v) is 3.73. The molecule has 2 aromatic rings. The van der Waals surface area contributed by atoms with Crippen LogP contribution < -0.4 is 16.0 Å². The number of likely N-dealkylation sites (tertiary alicyclic amines) is 1. The number of aromatic nitrogens is 2. The van der Waals surface area contributed by atoms with Gasteiger partial charge < -0.3 is 15.8 Å². The lowest BCUT2D eigenvalue weighted by Gasteiger charge is -2.30. The Morgan fingerprint density at radius 2 is 1.97 bits per heavy atom. The zero-order chi connectivity index (χ0) is 20.2. The molecule has 1 aromatic carbocycles. The van der Waals surface area contributed by atoms with E-state index in [2.05, 4.69) is 51.4 Å². The predicted molar refractivity (Wildman–Crippen MR) is 112 cm³/mol. The monoisotopic (exact) mass is 396 g/mol. The molecule has 0 saturated carbocycles. The van der Waals surface area contributed by atoms with Crippen molar-refractivity contribution < 1.29 is 9.53 Å². The molecule has 1 aromatic heterocycles. The van der Waals surface area contributed by atoms with E-state index < -0.39 is 0 Å². The summed E-state index contributed by atoms with van der Waals surface area (Å²) in [4.78, 5) is 24.5. The molecule has 29 heavy (non-hydrogen) atoms. The highest BCUT2D eigenvalue weighted by Crippen LogP contribution is 2.21. The second-order valence-electron chi connectivity index (χ2n) is 7.73. The Kier molecular flexibility index (Phi) is 5.92. The summed E-state index contributed by atoms with van der Waals surface area (Å²) in [5.41, 5.74) is 8.45. The molecule has 8 nitrogen and oxygen atoms in total. The number of hydrogen-bond acceptors (Lipinski definition) is 7. The van der Waals surface area contributed by atoms with Crippen molar-refractivity contribution in [3.63, 3.8) is 0 Å². The maximum Gasteiger partial charge on any atom is 0.415 e. The highest BCUT2D eigenvalue weighted by atomic mass is 16.6. The molecule has 3 heterocycles. The lowest BCUT2D eigenvalue weighted by molar-refractivity contribution is 0.181. The predicted octanol–water partition coefficient (Wildman–Crippen LogP) is 2.53. The van der Waals surface area contributed by atoms with E-state index in [0.29, 0.717) is 31.0 Å². The molecule has 2 saturated heterocycles. The van der Waals surface area contributed by atoms with Crippen molar-refractivity contribution in [1.82, 2.24) is 14.9 Å². The van der Waals surface area contributed by atoms with Crippen LogP contribution in [0.25, 0.3) is 0 Å². The van der Waals surface area contributed by atoms with Crippen molar-refractivity contribution in [3.05, 3.63) is 47.7 Å². The largest absolute Gasteiger partial charge is 0.447 e. The molecule has 2 aliphatic rings. The molecule has 1 amide bonds. The molecule has 2 aliphatic heterocycles. The Morgan fingerprint density at radius 3 is 2.66 bits per heavy atom. The van der Waals surface area contributed by atoms with E-state index in [-0.39, 0.29) is 12.1 Å². The van der Waals surface area contributed by atoms with Gasteiger partial charge in [0.25, 0.3) is 0 Å². The van der Waals surface area contributed by atoms with E-state index in [1.807, 2.05) is 0 Å².